The predicted octanol–water partition coefficient (Wildman–Crippen LogP) is 3.18. The number of aromatic nitrogens is 3. The van der Waals surface area contributed by atoms with Gasteiger partial charge in [0.25, 0.3) is 5.95 Å². The second-order valence-electron chi connectivity index (χ2n) is 6.70. The number of ether oxygens (including phenoxy) is 1. The summed E-state index contributed by atoms with van der Waals surface area (Å²) in [6, 6.07) is 13.4. The van der Waals surface area contributed by atoms with E-state index >= 15 is 0 Å². The van der Waals surface area contributed by atoms with Crippen LogP contribution < -0.4 is 21.3 Å². The number of amides is 1. The van der Waals surface area contributed by atoms with Crippen molar-refractivity contribution in [2.45, 2.75) is 25.9 Å². The minimum atomic E-state index is -0.148. The summed E-state index contributed by atoms with van der Waals surface area (Å²) in [6.45, 7) is 6.49. The molecule has 0 aliphatic carbocycles. The summed E-state index contributed by atoms with van der Waals surface area (Å²) in [7, 11) is 0. The van der Waals surface area contributed by atoms with Crippen molar-refractivity contribution < 1.29 is 9.53 Å². The highest BCUT2D eigenvalue weighted by Crippen LogP contribution is 2.19. The Morgan fingerprint density at radius 2 is 2.00 bits per heavy atom. The van der Waals surface area contributed by atoms with E-state index in [9.17, 15) is 4.79 Å². The summed E-state index contributed by atoms with van der Waals surface area (Å²) in [5.41, 5.74) is 6.52. The lowest BCUT2D eigenvalue weighted by Crippen LogP contribution is -2.17. The molecule has 0 saturated carbocycles. The highest BCUT2D eigenvalue weighted by molar-refractivity contribution is 7.99. The monoisotopic (exact) mass is 439 g/mol. The molecule has 0 unspecified atom stereocenters. The van der Waals surface area contributed by atoms with Gasteiger partial charge in [0.15, 0.2) is 0 Å². The number of rotatable bonds is 9. The van der Waals surface area contributed by atoms with Crippen molar-refractivity contribution in [3.63, 3.8) is 0 Å². The number of thioether (sulfide) groups is 1. The van der Waals surface area contributed by atoms with E-state index in [4.69, 9.17) is 10.6 Å². The molecule has 1 aromatic heterocycles. The highest BCUT2D eigenvalue weighted by Gasteiger charge is 2.12. The van der Waals surface area contributed by atoms with Gasteiger partial charge >= 0.3 is 0 Å². The Kier molecular flexibility index (Phi) is 7.50. The van der Waals surface area contributed by atoms with Gasteiger partial charge in [-0.25, -0.2) is 10.1 Å². The Morgan fingerprint density at radius 1 is 1.23 bits per heavy atom. The van der Waals surface area contributed by atoms with E-state index in [1.165, 1.54) is 16.4 Å². The molecule has 0 spiro atoms. The molecule has 9 nitrogen and oxygen atoms in total. The average molecular weight is 440 g/mol. The minimum absolute atomic E-state index is 0.148. The van der Waals surface area contributed by atoms with Crippen molar-refractivity contribution in [2.75, 3.05) is 28.9 Å². The maximum Gasteiger partial charge on any atom is 0.264 e. The highest BCUT2D eigenvalue weighted by atomic mass is 32.2. The molecule has 162 valence electrons. The van der Waals surface area contributed by atoms with Gasteiger partial charge in [-0.3, -0.25) is 4.79 Å². The number of nitrogens with zero attached hydrogens (tertiary/aromatic N) is 4. The average Bonchev–Trinajstić information content (AvgIpc) is 3.10. The number of carbonyl (C=O) groups excluding carboxylic acids is 1. The molecular weight excluding hydrogens is 414 g/mol. The Morgan fingerprint density at radius 3 is 2.74 bits per heavy atom. The molecule has 31 heavy (non-hydrogen) atoms. The van der Waals surface area contributed by atoms with Crippen molar-refractivity contribution in [2.24, 2.45) is 5.10 Å². The molecule has 10 heteroatoms. The van der Waals surface area contributed by atoms with Crippen molar-refractivity contribution in [1.82, 2.24) is 14.9 Å². The lowest BCUT2D eigenvalue weighted by molar-refractivity contribution is -0.113. The summed E-state index contributed by atoms with van der Waals surface area (Å²) in [5, 5.41) is 15.4. The second-order valence-corrected chi connectivity index (χ2v) is 7.65. The van der Waals surface area contributed by atoms with Gasteiger partial charge in [0.1, 0.15) is 5.75 Å². The molecular formula is C21H25N7O2S. The van der Waals surface area contributed by atoms with Crippen LogP contribution in [0, 0.1) is 13.8 Å². The molecule has 3 rings (SSSR count). The zero-order chi connectivity index (χ0) is 22.2. The van der Waals surface area contributed by atoms with E-state index in [1.54, 1.807) is 6.21 Å². The Balaban J connectivity index is 1.52. The molecule has 1 heterocycles. The van der Waals surface area contributed by atoms with Gasteiger partial charge in [0.05, 0.1) is 18.6 Å². The van der Waals surface area contributed by atoms with Crippen LogP contribution in [0.5, 0.6) is 5.75 Å². The maximum absolute atomic E-state index is 12.3. The third-order valence-corrected chi connectivity index (χ3v) is 5.18. The maximum atomic E-state index is 12.3. The predicted molar refractivity (Wildman–Crippen MR) is 124 cm³/mol. The molecule has 0 bridgehead atoms. The number of carbonyl (C=O) groups is 1. The van der Waals surface area contributed by atoms with Crippen LogP contribution in [0.3, 0.4) is 0 Å². The van der Waals surface area contributed by atoms with Gasteiger partial charge in [-0.1, -0.05) is 23.9 Å². The topological polar surface area (TPSA) is 119 Å². The third-order valence-electron chi connectivity index (χ3n) is 4.23. The van der Waals surface area contributed by atoms with Crippen LogP contribution in [0.4, 0.5) is 11.6 Å². The molecule has 3 aromatic rings. The van der Waals surface area contributed by atoms with Crippen LogP contribution in [-0.4, -0.2) is 39.4 Å². The zero-order valence-electron chi connectivity index (χ0n) is 17.6. The molecule has 0 atom stereocenters. The Hall–Kier alpha value is -3.53. The van der Waals surface area contributed by atoms with Crippen molar-refractivity contribution in [1.29, 1.82) is 0 Å². The fraction of sp³-hybridized carbons (Fsp3) is 0.238. The number of benzene rings is 2. The van der Waals surface area contributed by atoms with Gasteiger partial charge in [-0.2, -0.15) is 5.10 Å². The summed E-state index contributed by atoms with van der Waals surface area (Å²) in [4.78, 5) is 12.3. The van der Waals surface area contributed by atoms with E-state index in [2.05, 4.69) is 26.0 Å². The number of hydrogen-bond donors (Lipinski definition) is 3. The molecule has 0 fully saturated rings. The molecule has 1 amide bonds. The van der Waals surface area contributed by atoms with E-state index in [-0.39, 0.29) is 17.6 Å². The molecule has 0 saturated heterocycles. The van der Waals surface area contributed by atoms with Crippen LogP contribution in [-0.2, 0) is 4.79 Å². The van der Waals surface area contributed by atoms with Crippen LogP contribution in [0.1, 0.15) is 23.6 Å². The van der Waals surface area contributed by atoms with Crippen LogP contribution >= 0.6 is 11.8 Å². The zero-order valence-corrected chi connectivity index (χ0v) is 18.4. The van der Waals surface area contributed by atoms with Crippen LogP contribution in [0.2, 0.25) is 0 Å². The van der Waals surface area contributed by atoms with Crippen LogP contribution in [0.15, 0.2) is 52.7 Å². The number of aryl methyl sites for hydroxylation is 2. The molecule has 4 N–H and O–H groups in total. The second kappa shape index (κ2) is 10.5. The molecule has 2 aromatic carbocycles. The standard InChI is InChI=1S/C21H25N7O2S/c1-4-30-17-9-7-16(8-10-17)12-23-25-20-26-27-21(28(20)22)31-13-19(29)24-18-11-14(2)5-6-15(18)3/h5-12H,4,13,22H2,1-3H3,(H,24,29)(H,25,26)/b23-12+. The minimum Gasteiger partial charge on any atom is -0.494 e. The van der Waals surface area contributed by atoms with E-state index in [0.717, 1.165) is 28.1 Å². The van der Waals surface area contributed by atoms with E-state index < -0.39 is 0 Å². The summed E-state index contributed by atoms with van der Waals surface area (Å²) in [5.74, 6) is 7.07. The van der Waals surface area contributed by atoms with Crippen molar-refractivity contribution >= 4 is 35.5 Å². The first-order valence-electron chi connectivity index (χ1n) is 9.68. The van der Waals surface area contributed by atoms with Gasteiger partial charge in [0, 0.05) is 5.69 Å². The fourth-order valence-electron chi connectivity index (χ4n) is 2.62. The first-order chi connectivity index (χ1) is 15.0. The molecule has 0 aliphatic heterocycles. The number of hydrazone groups is 1. The number of anilines is 2. The fourth-order valence-corrected chi connectivity index (χ4v) is 3.28. The van der Waals surface area contributed by atoms with E-state index in [0.29, 0.717) is 11.8 Å². The SMILES string of the molecule is CCOc1ccc(/C=N/Nc2nnc(SCC(=O)Nc3cc(C)ccc3C)n2N)cc1. The Bertz CT molecular complexity index is 1060. The third kappa shape index (κ3) is 6.22. The smallest absolute Gasteiger partial charge is 0.264 e. The summed E-state index contributed by atoms with van der Waals surface area (Å²) in [6.07, 6.45) is 1.63. The van der Waals surface area contributed by atoms with Gasteiger partial charge in [-0.05, 0) is 67.8 Å². The summed E-state index contributed by atoms with van der Waals surface area (Å²) >= 11 is 1.19. The van der Waals surface area contributed by atoms with Crippen molar-refractivity contribution in [3.05, 3.63) is 59.2 Å². The number of hydrogen-bond acceptors (Lipinski definition) is 8. The van der Waals surface area contributed by atoms with Gasteiger partial charge in [-0.15, -0.1) is 10.2 Å². The first-order valence-corrected chi connectivity index (χ1v) is 10.7. The van der Waals surface area contributed by atoms with Gasteiger partial charge < -0.3 is 15.9 Å². The number of nitrogens with two attached hydrogens (primary N) is 1. The largest absolute Gasteiger partial charge is 0.494 e. The quantitative estimate of drug-likeness (QED) is 0.203. The molecule has 0 aliphatic rings. The number of nitrogens with one attached hydrogen (secondary N) is 2. The first kappa shape index (κ1) is 22.2. The summed E-state index contributed by atoms with van der Waals surface area (Å²) < 4.78 is 6.66. The normalized spacial score (nSPS) is 10.9. The lowest BCUT2D eigenvalue weighted by Gasteiger charge is -2.09. The van der Waals surface area contributed by atoms with E-state index in [1.807, 2.05) is 63.2 Å². The van der Waals surface area contributed by atoms with Crippen LogP contribution in [0.25, 0.3) is 0 Å². The molecule has 0 radical (unpaired) electrons. The lowest BCUT2D eigenvalue weighted by atomic mass is 10.1. The Labute approximate surface area is 185 Å². The van der Waals surface area contributed by atoms with Gasteiger partial charge in [0.2, 0.25) is 11.1 Å². The number of nitrogen functional groups attached to an aromatic ring is 1. The van der Waals surface area contributed by atoms with Crippen molar-refractivity contribution in [3.8, 4) is 5.75 Å².